The van der Waals surface area contributed by atoms with E-state index in [1.165, 1.54) is 0 Å². The van der Waals surface area contributed by atoms with Gasteiger partial charge in [-0.15, -0.1) is 0 Å². The normalized spacial score (nSPS) is 14.4. The van der Waals surface area contributed by atoms with Crippen LogP contribution in [0.4, 0.5) is 4.79 Å². The van der Waals surface area contributed by atoms with Crippen molar-refractivity contribution in [1.29, 1.82) is 0 Å². The van der Waals surface area contributed by atoms with Crippen LogP contribution in [0.25, 0.3) is 11.1 Å². The van der Waals surface area contributed by atoms with E-state index in [1.807, 2.05) is 0 Å². The minimum Gasteiger partial charge on any atom is -0.428 e. The fourth-order valence-electron chi connectivity index (χ4n) is 1.57. The fourth-order valence-corrected chi connectivity index (χ4v) is 1.74. The van der Waals surface area contributed by atoms with Crippen molar-refractivity contribution in [2.45, 2.75) is 6.42 Å². The van der Waals surface area contributed by atoms with E-state index in [0.717, 1.165) is 6.42 Å². The van der Waals surface area contributed by atoms with Crippen molar-refractivity contribution in [2.24, 2.45) is 0 Å². The van der Waals surface area contributed by atoms with Gasteiger partial charge in [0, 0.05) is 19.2 Å². The molecular weight excluding hydrogens is 260 g/mol. The molecule has 2 aromatic rings. The van der Waals surface area contributed by atoms with Gasteiger partial charge in [0.25, 0.3) is 5.35 Å². The van der Waals surface area contributed by atoms with Gasteiger partial charge in [0.2, 0.25) is 0 Å². The standard InChI is InChI=1S/C11H9ClN2O4/c12-10-13-8-6-7(2-3-9(8)16-10)17-18-11(15)14-4-1-5-14/h2-3,6H,1,4-5H2. The quantitative estimate of drug-likeness (QED) is 0.619. The monoisotopic (exact) mass is 268 g/mol. The highest BCUT2D eigenvalue weighted by Gasteiger charge is 2.22. The van der Waals surface area contributed by atoms with Crippen molar-refractivity contribution in [2.75, 3.05) is 13.1 Å². The van der Waals surface area contributed by atoms with Gasteiger partial charge in [0.1, 0.15) is 5.52 Å². The maximum absolute atomic E-state index is 11.4. The molecule has 2 heterocycles. The zero-order valence-corrected chi connectivity index (χ0v) is 10.0. The lowest BCUT2D eigenvalue weighted by Crippen LogP contribution is -2.42. The Kier molecular flexibility index (Phi) is 2.71. The maximum Gasteiger partial charge on any atom is 0.452 e. The van der Waals surface area contributed by atoms with Crippen molar-refractivity contribution < 1.29 is 19.0 Å². The first-order chi connectivity index (χ1) is 8.72. The second-order valence-electron chi connectivity index (χ2n) is 3.87. The zero-order valence-electron chi connectivity index (χ0n) is 9.26. The Bertz CT molecular complexity index is 594. The molecule has 0 aliphatic carbocycles. The predicted molar refractivity (Wildman–Crippen MR) is 62.3 cm³/mol. The molecule has 1 aromatic heterocycles. The molecule has 0 spiro atoms. The minimum atomic E-state index is -0.487. The number of hydrogen-bond acceptors (Lipinski definition) is 5. The molecule has 94 valence electrons. The van der Waals surface area contributed by atoms with E-state index in [1.54, 1.807) is 23.1 Å². The van der Waals surface area contributed by atoms with Crippen LogP contribution in [0, 0.1) is 0 Å². The summed E-state index contributed by atoms with van der Waals surface area (Å²) < 4.78 is 5.10. The van der Waals surface area contributed by atoms with Crippen LogP contribution in [-0.2, 0) is 4.89 Å². The fraction of sp³-hybridized carbons (Fsp3) is 0.273. The number of fused-ring (bicyclic) bond motifs is 1. The van der Waals surface area contributed by atoms with Crippen molar-refractivity contribution in [3.05, 3.63) is 23.5 Å². The largest absolute Gasteiger partial charge is 0.452 e. The SMILES string of the molecule is O=C(OOc1ccc2oc(Cl)nc2c1)N1CCC1. The molecule has 6 nitrogen and oxygen atoms in total. The predicted octanol–water partition coefficient (Wildman–Crippen LogP) is 2.62. The summed E-state index contributed by atoms with van der Waals surface area (Å²) in [6, 6.07) is 4.82. The molecule has 0 radical (unpaired) electrons. The van der Waals surface area contributed by atoms with Gasteiger partial charge >= 0.3 is 6.09 Å². The zero-order chi connectivity index (χ0) is 12.5. The Morgan fingerprint density at radius 1 is 1.44 bits per heavy atom. The molecule has 1 aromatic carbocycles. The van der Waals surface area contributed by atoms with Gasteiger partial charge in [-0.2, -0.15) is 4.98 Å². The number of amides is 1. The molecule has 1 aliphatic heterocycles. The molecule has 0 N–H and O–H groups in total. The summed E-state index contributed by atoms with van der Waals surface area (Å²) in [5.74, 6) is 0.362. The molecule has 1 fully saturated rings. The number of oxazole rings is 1. The van der Waals surface area contributed by atoms with Crippen LogP contribution in [-0.4, -0.2) is 29.1 Å². The van der Waals surface area contributed by atoms with E-state index in [4.69, 9.17) is 20.9 Å². The highest BCUT2D eigenvalue weighted by atomic mass is 35.5. The third-order valence-corrected chi connectivity index (χ3v) is 2.82. The Balaban J connectivity index is 1.68. The molecule has 0 bridgehead atoms. The number of carbonyl (C=O) groups is 1. The van der Waals surface area contributed by atoms with Crippen LogP contribution in [0.3, 0.4) is 0 Å². The molecule has 0 atom stereocenters. The van der Waals surface area contributed by atoms with E-state index in [2.05, 4.69) is 9.87 Å². The molecule has 18 heavy (non-hydrogen) atoms. The number of aromatic nitrogens is 1. The Labute approximate surface area is 107 Å². The van der Waals surface area contributed by atoms with Crippen molar-refractivity contribution >= 4 is 28.8 Å². The van der Waals surface area contributed by atoms with Crippen molar-refractivity contribution in [3.63, 3.8) is 0 Å². The van der Waals surface area contributed by atoms with Crippen molar-refractivity contribution in [1.82, 2.24) is 9.88 Å². The summed E-state index contributed by atoms with van der Waals surface area (Å²) in [5, 5.41) is 0.0553. The van der Waals surface area contributed by atoms with Crippen LogP contribution in [0.2, 0.25) is 5.35 Å². The van der Waals surface area contributed by atoms with Gasteiger partial charge in [-0.3, -0.25) is 4.89 Å². The number of rotatable bonds is 2. The van der Waals surface area contributed by atoms with Gasteiger partial charge in [0.05, 0.1) is 0 Å². The molecule has 0 saturated carbocycles. The first kappa shape index (κ1) is 11.2. The lowest BCUT2D eigenvalue weighted by Gasteiger charge is -2.28. The summed E-state index contributed by atoms with van der Waals surface area (Å²) in [7, 11) is 0. The van der Waals surface area contributed by atoms with E-state index in [9.17, 15) is 4.79 Å². The molecule has 3 rings (SSSR count). The Morgan fingerprint density at radius 2 is 2.28 bits per heavy atom. The highest BCUT2D eigenvalue weighted by Crippen LogP contribution is 2.23. The molecule has 0 unspecified atom stereocenters. The van der Waals surface area contributed by atoms with Crippen LogP contribution in [0.1, 0.15) is 6.42 Å². The molecule has 7 heteroatoms. The van der Waals surface area contributed by atoms with Gasteiger partial charge in [-0.25, -0.2) is 9.68 Å². The van der Waals surface area contributed by atoms with E-state index in [0.29, 0.717) is 29.9 Å². The third-order valence-electron chi connectivity index (χ3n) is 2.66. The van der Waals surface area contributed by atoms with Crippen LogP contribution >= 0.6 is 11.6 Å². The van der Waals surface area contributed by atoms with Gasteiger partial charge in [-0.1, -0.05) is 0 Å². The smallest absolute Gasteiger partial charge is 0.428 e. The first-order valence-corrected chi connectivity index (χ1v) is 5.80. The number of likely N-dealkylation sites (tertiary alicyclic amines) is 1. The summed E-state index contributed by atoms with van der Waals surface area (Å²) in [6.07, 6.45) is 0.512. The number of hydrogen-bond donors (Lipinski definition) is 0. The topological polar surface area (TPSA) is 64.8 Å². The second kappa shape index (κ2) is 4.38. The van der Waals surface area contributed by atoms with E-state index in [-0.39, 0.29) is 5.35 Å². The number of nitrogens with zero attached hydrogens (tertiary/aromatic N) is 2. The lowest BCUT2D eigenvalue weighted by molar-refractivity contribution is -0.157. The maximum atomic E-state index is 11.4. The summed E-state index contributed by atoms with van der Waals surface area (Å²) >= 11 is 5.62. The highest BCUT2D eigenvalue weighted by molar-refractivity contribution is 6.28. The summed E-state index contributed by atoms with van der Waals surface area (Å²) in [6.45, 7) is 1.42. The van der Waals surface area contributed by atoms with E-state index >= 15 is 0 Å². The van der Waals surface area contributed by atoms with Crippen molar-refractivity contribution in [3.8, 4) is 5.75 Å². The van der Waals surface area contributed by atoms with Gasteiger partial charge in [-0.05, 0) is 30.2 Å². The van der Waals surface area contributed by atoms with Gasteiger partial charge < -0.3 is 9.32 Å². The Morgan fingerprint density at radius 3 is 3.00 bits per heavy atom. The summed E-state index contributed by atoms with van der Waals surface area (Å²) in [4.78, 5) is 26.5. The molecule has 1 aliphatic rings. The van der Waals surface area contributed by atoms with E-state index < -0.39 is 6.09 Å². The number of benzene rings is 1. The number of carbonyl (C=O) groups excluding carboxylic acids is 1. The molecular formula is C11H9ClN2O4. The third kappa shape index (κ3) is 2.06. The number of halogens is 1. The molecule has 1 saturated heterocycles. The second-order valence-corrected chi connectivity index (χ2v) is 4.19. The van der Waals surface area contributed by atoms with Crippen LogP contribution in [0.15, 0.2) is 22.6 Å². The van der Waals surface area contributed by atoms with Crippen LogP contribution < -0.4 is 4.89 Å². The summed E-state index contributed by atoms with van der Waals surface area (Å²) in [5.41, 5.74) is 1.08. The Hall–Kier alpha value is -1.95. The lowest BCUT2D eigenvalue weighted by atomic mass is 10.2. The minimum absolute atomic E-state index is 0.0553. The van der Waals surface area contributed by atoms with Crippen LogP contribution in [0.5, 0.6) is 5.75 Å². The first-order valence-electron chi connectivity index (χ1n) is 5.42. The van der Waals surface area contributed by atoms with Gasteiger partial charge in [0.15, 0.2) is 11.3 Å². The molecule has 1 amide bonds. The average molecular weight is 269 g/mol. The average Bonchev–Trinajstić information content (AvgIpc) is 2.63.